The van der Waals surface area contributed by atoms with Crippen molar-refractivity contribution >= 4 is 12.0 Å². The van der Waals surface area contributed by atoms with Crippen molar-refractivity contribution in [2.24, 2.45) is 0 Å². The monoisotopic (exact) mass is 241 g/mol. The molecular weight excluding hydrogens is 224 g/mol. The van der Waals surface area contributed by atoms with E-state index in [1.165, 1.54) is 11.1 Å². The van der Waals surface area contributed by atoms with E-state index in [4.69, 9.17) is 0 Å². The van der Waals surface area contributed by atoms with Crippen molar-refractivity contribution in [2.45, 2.75) is 44.4 Å². The highest BCUT2D eigenvalue weighted by Gasteiger charge is 2.14. The van der Waals surface area contributed by atoms with Gasteiger partial charge >= 0.3 is 0 Å². The van der Waals surface area contributed by atoms with Crippen LogP contribution in [0.2, 0.25) is 0 Å². The third kappa shape index (κ3) is 3.22. The van der Waals surface area contributed by atoms with Crippen LogP contribution in [0.15, 0.2) is 23.1 Å². The van der Waals surface area contributed by atoms with Gasteiger partial charge in [0, 0.05) is 4.90 Å². The van der Waals surface area contributed by atoms with Crippen molar-refractivity contribution in [2.75, 3.05) is 0 Å². The van der Waals surface area contributed by atoms with Gasteiger partial charge < -0.3 is 5.26 Å². The summed E-state index contributed by atoms with van der Waals surface area (Å²) in [5, 5.41) is 13.4. The summed E-state index contributed by atoms with van der Waals surface area (Å²) in [5.41, 5.74) is 2.35. The maximum Gasteiger partial charge on any atom is 0.0680 e. The van der Waals surface area contributed by atoms with E-state index in [2.05, 4.69) is 37.1 Å². The van der Waals surface area contributed by atoms with Crippen LogP contribution in [0.4, 0.5) is 0 Å². The summed E-state index contributed by atoms with van der Waals surface area (Å²) in [6.07, 6.45) is 0. The van der Waals surface area contributed by atoms with E-state index in [0.29, 0.717) is 11.8 Å². The molecule has 0 aliphatic heterocycles. The minimum absolute atomic E-state index is 0.386. The summed E-state index contributed by atoms with van der Waals surface area (Å²) in [6, 6.07) is 6.13. The predicted molar refractivity (Wildman–Crippen MR) is 62.6 cm³/mol. The normalized spacial score (nSPS) is 11.4. The third-order valence-corrected chi connectivity index (χ3v) is 3.23. The van der Waals surface area contributed by atoms with Crippen molar-refractivity contribution in [3.05, 3.63) is 29.3 Å². The summed E-state index contributed by atoms with van der Waals surface area (Å²) in [4.78, 5) is 0.989. The van der Waals surface area contributed by atoms with Gasteiger partial charge in [0.15, 0.2) is 0 Å². The summed E-state index contributed by atoms with van der Waals surface area (Å²) >= 11 is 0.996. The second-order valence-electron chi connectivity index (χ2n) is 4.29. The highest BCUT2D eigenvalue weighted by molar-refractivity contribution is 7.94. The molecule has 0 fully saturated rings. The zero-order valence-electron chi connectivity index (χ0n) is 10.0. The summed E-state index contributed by atoms with van der Waals surface area (Å²) in [6.45, 7) is 8.45. The van der Waals surface area contributed by atoms with E-state index in [1.807, 2.05) is 18.2 Å². The Bertz CT molecular complexity index is 311. The van der Waals surface area contributed by atoms with Crippen molar-refractivity contribution in [3.8, 4) is 0 Å². The second-order valence-corrected chi connectivity index (χ2v) is 5.01. The fraction of sp³-hybridized carbons (Fsp3) is 0.500. The zero-order valence-corrected chi connectivity index (χ0v) is 10.8. The number of hydrogen-bond donors (Lipinski definition) is 0. The van der Waals surface area contributed by atoms with E-state index in [0.717, 1.165) is 16.9 Å². The average molecular weight is 241 g/mol. The Labute approximate surface area is 101 Å². The molecule has 0 heterocycles. The first kappa shape index (κ1) is 13.5. The molecule has 0 bridgehead atoms. The molecular formula is C12H17O3S-. The summed E-state index contributed by atoms with van der Waals surface area (Å²) in [7, 11) is 0. The molecule has 90 valence electrons. The first-order chi connectivity index (χ1) is 7.57. The summed E-state index contributed by atoms with van der Waals surface area (Å²) < 4.78 is 4.46. The van der Waals surface area contributed by atoms with Gasteiger partial charge in [0.1, 0.15) is 0 Å². The van der Waals surface area contributed by atoms with Crippen LogP contribution in [-0.2, 0) is 9.37 Å². The van der Waals surface area contributed by atoms with Crippen LogP contribution in [0, 0.1) is 0 Å². The van der Waals surface area contributed by atoms with Gasteiger partial charge in [-0.25, -0.2) is 0 Å². The molecule has 1 aromatic carbocycles. The lowest BCUT2D eigenvalue weighted by atomic mass is 9.95. The smallest absolute Gasteiger partial charge is 0.0680 e. The van der Waals surface area contributed by atoms with Crippen molar-refractivity contribution in [1.82, 2.24) is 0 Å². The highest BCUT2D eigenvalue weighted by atomic mass is 32.2. The van der Waals surface area contributed by atoms with Crippen molar-refractivity contribution < 1.29 is 14.6 Å². The van der Waals surface area contributed by atoms with Crippen LogP contribution < -0.4 is 5.26 Å². The van der Waals surface area contributed by atoms with Gasteiger partial charge in [0.2, 0.25) is 0 Å². The van der Waals surface area contributed by atoms with Gasteiger partial charge in [-0.15, -0.1) is 0 Å². The first-order valence-corrected chi connectivity index (χ1v) is 6.08. The van der Waals surface area contributed by atoms with E-state index in [-0.39, 0.29) is 0 Å². The Hall–Kier alpha value is -0.550. The van der Waals surface area contributed by atoms with Gasteiger partial charge in [0.05, 0.1) is 12.0 Å². The maximum absolute atomic E-state index is 9.92. The van der Waals surface area contributed by atoms with Crippen LogP contribution in [0.25, 0.3) is 0 Å². The van der Waals surface area contributed by atoms with Crippen molar-refractivity contribution in [1.29, 1.82) is 0 Å². The maximum atomic E-state index is 9.92. The zero-order chi connectivity index (χ0) is 12.1. The van der Waals surface area contributed by atoms with E-state index < -0.39 is 0 Å². The molecule has 4 heteroatoms. The van der Waals surface area contributed by atoms with Crippen LogP contribution >= 0.6 is 12.0 Å². The molecule has 0 aromatic heterocycles. The molecule has 0 N–H and O–H groups in total. The average Bonchev–Trinajstić information content (AvgIpc) is 2.25. The Kier molecular flexibility index (Phi) is 5.28. The van der Waals surface area contributed by atoms with E-state index in [1.54, 1.807) is 0 Å². The molecule has 1 aromatic rings. The van der Waals surface area contributed by atoms with E-state index in [9.17, 15) is 5.26 Å². The Morgan fingerprint density at radius 2 is 1.56 bits per heavy atom. The van der Waals surface area contributed by atoms with Gasteiger partial charge in [-0.2, -0.15) is 4.33 Å². The van der Waals surface area contributed by atoms with Crippen molar-refractivity contribution in [3.63, 3.8) is 0 Å². The van der Waals surface area contributed by atoms with Gasteiger partial charge in [-0.1, -0.05) is 45.9 Å². The minimum Gasteiger partial charge on any atom is -0.691 e. The van der Waals surface area contributed by atoms with Gasteiger partial charge in [-0.05, 0) is 23.0 Å². The molecule has 0 spiro atoms. The summed E-state index contributed by atoms with van der Waals surface area (Å²) in [5.74, 6) is 0.771. The Morgan fingerprint density at radius 1 is 1.06 bits per heavy atom. The molecule has 0 radical (unpaired) electrons. The van der Waals surface area contributed by atoms with Gasteiger partial charge in [-0.3, -0.25) is 5.04 Å². The fourth-order valence-electron chi connectivity index (χ4n) is 1.63. The molecule has 0 amide bonds. The van der Waals surface area contributed by atoms with E-state index >= 15 is 0 Å². The SMILES string of the molecule is CC(C)c1cccc(C(C)C)c1SOO[O-]. The van der Waals surface area contributed by atoms with Crippen LogP contribution in [0.3, 0.4) is 0 Å². The lowest BCUT2D eigenvalue weighted by Crippen LogP contribution is -2.03. The quantitative estimate of drug-likeness (QED) is 0.451. The van der Waals surface area contributed by atoms with Crippen LogP contribution in [0.5, 0.6) is 0 Å². The molecule has 0 saturated carbocycles. The lowest BCUT2D eigenvalue weighted by molar-refractivity contribution is -0.777. The first-order valence-electron chi connectivity index (χ1n) is 5.33. The number of benzene rings is 1. The van der Waals surface area contributed by atoms with Gasteiger partial charge in [0.25, 0.3) is 0 Å². The number of hydrogen-bond acceptors (Lipinski definition) is 4. The Balaban J connectivity index is 3.12. The molecule has 16 heavy (non-hydrogen) atoms. The topological polar surface area (TPSA) is 41.5 Å². The second kappa shape index (κ2) is 6.25. The molecule has 0 unspecified atom stereocenters. The fourth-order valence-corrected chi connectivity index (χ4v) is 2.52. The Morgan fingerprint density at radius 3 is 1.94 bits per heavy atom. The molecule has 0 saturated heterocycles. The molecule has 1 rings (SSSR count). The highest BCUT2D eigenvalue weighted by Crippen LogP contribution is 2.35. The standard InChI is InChI=1S/C12H18O3S/c1-8(2)10-6-5-7-11(9(3)4)12(10)16-15-14-13/h5-9,13H,1-4H3/p-1. The van der Waals surface area contributed by atoms with Crippen LogP contribution in [-0.4, -0.2) is 0 Å². The molecule has 3 nitrogen and oxygen atoms in total. The molecule has 0 atom stereocenters. The third-order valence-electron chi connectivity index (χ3n) is 2.47. The van der Waals surface area contributed by atoms with Crippen LogP contribution in [0.1, 0.15) is 50.7 Å². The largest absolute Gasteiger partial charge is 0.691 e. The lowest BCUT2D eigenvalue weighted by Gasteiger charge is -2.18. The minimum atomic E-state index is 0.386. The number of rotatable bonds is 5. The molecule has 0 aliphatic carbocycles. The predicted octanol–water partition coefficient (Wildman–Crippen LogP) is 3.16. The molecule has 0 aliphatic rings.